The maximum Gasteiger partial charge on any atom is 0.224 e. The maximum absolute atomic E-state index is 13.1. The third kappa shape index (κ3) is 5.89. The van der Waals surface area contributed by atoms with Gasteiger partial charge in [-0.1, -0.05) is 12.1 Å². The molecular formula is C27H33NO7. The molecular weight excluding hydrogens is 450 g/mol. The molecule has 188 valence electrons. The van der Waals surface area contributed by atoms with Crippen molar-refractivity contribution >= 4 is 17.5 Å². The largest absolute Gasteiger partial charge is 0.507 e. The van der Waals surface area contributed by atoms with Crippen LogP contribution < -0.4 is 10.5 Å². The Balaban J connectivity index is 1.94. The summed E-state index contributed by atoms with van der Waals surface area (Å²) in [5.74, 6) is -2.17. The van der Waals surface area contributed by atoms with Crippen molar-refractivity contribution < 1.29 is 34.4 Å². The molecule has 1 aliphatic carbocycles. The molecule has 3 unspecified atom stereocenters. The van der Waals surface area contributed by atoms with E-state index in [-0.39, 0.29) is 36.9 Å². The Morgan fingerprint density at radius 1 is 1.17 bits per heavy atom. The first kappa shape index (κ1) is 26.4. The minimum Gasteiger partial charge on any atom is -0.507 e. The van der Waals surface area contributed by atoms with Gasteiger partial charge >= 0.3 is 0 Å². The lowest BCUT2D eigenvalue weighted by Gasteiger charge is -2.31. The smallest absolute Gasteiger partial charge is 0.224 e. The van der Waals surface area contributed by atoms with E-state index in [4.69, 9.17) is 10.5 Å². The van der Waals surface area contributed by atoms with Gasteiger partial charge in [-0.25, -0.2) is 0 Å². The number of aliphatic hydroxyl groups excluding tert-OH is 2. The monoisotopic (exact) mass is 483 g/mol. The summed E-state index contributed by atoms with van der Waals surface area (Å²) in [5.41, 5.74) is 8.88. The number of rotatable bonds is 11. The number of benzene rings is 2. The van der Waals surface area contributed by atoms with Gasteiger partial charge in [-0.05, 0) is 78.5 Å². The first-order valence-corrected chi connectivity index (χ1v) is 11.8. The van der Waals surface area contributed by atoms with Gasteiger partial charge in [-0.2, -0.15) is 0 Å². The summed E-state index contributed by atoms with van der Waals surface area (Å²) < 4.78 is 5.35. The van der Waals surface area contributed by atoms with E-state index in [1.54, 1.807) is 13.2 Å². The quantitative estimate of drug-likeness (QED) is 0.359. The van der Waals surface area contributed by atoms with Crippen LogP contribution in [-0.2, 0) is 16.0 Å². The zero-order valence-electron chi connectivity index (χ0n) is 20.1. The average molecular weight is 484 g/mol. The van der Waals surface area contributed by atoms with Crippen molar-refractivity contribution in [1.29, 1.82) is 0 Å². The number of ketones is 2. The molecule has 0 fully saturated rings. The number of aliphatic hydroxyl groups is 2. The van der Waals surface area contributed by atoms with Gasteiger partial charge < -0.3 is 25.8 Å². The number of ether oxygens (including phenoxy) is 1. The van der Waals surface area contributed by atoms with Crippen LogP contribution in [0.2, 0.25) is 0 Å². The first-order chi connectivity index (χ1) is 16.7. The number of hydrogen-bond acceptors (Lipinski definition) is 7. The lowest BCUT2D eigenvalue weighted by molar-refractivity contribution is -0.131. The van der Waals surface area contributed by atoms with Crippen molar-refractivity contribution in [3.05, 3.63) is 47.0 Å². The third-order valence-corrected chi connectivity index (χ3v) is 6.91. The van der Waals surface area contributed by atoms with Crippen molar-refractivity contribution in [2.45, 2.75) is 39.0 Å². The molecule has 0 aliphatic heterocycles. The molecule has 5 N–H and O–H groups in total. The molecule has 8 heteroatoms. The SMILES string of the molecule is COc1ccc(-c2ccc(O)c3c2CC(CC(CCO)C(CO)C(=O)CC(N)=O)CC3=O)cc1C. The highest BCUT2D eigenvalue weighted by Gasteiger charge is 2.35. The van der Waals surface area contributed by atoms with E-state index in [9.17, 15) is 29.7 Å². The lowest BCUT2D eigenvalue weighted by atomic mass is 9.72. The highest BCUT2D eigenvalue weighted by molar-refractivity contribution is 6.03. The molecule has 8 nitrogen and oxygen atoms in total. The highest BCUT2D eigenvalue weighted by Crippen LogP contribution is 2.41. The standard InChI is InChI=1S/C27H33NO7/c1-15-9-17(3-6-25(15)35-2)19-4-5-22(31)27-20(19)11-16(12-24(27)33)10-18(7-8-29)21(14-30)23(32)13-26(28)34/h3-6,9,16,18,21,29-31H,7-8,10-14H2,1-2H3,(H2,28,34). The summed E-state index contributed by atoms with van der Waals surface area (Å²) in [6.07, 6.45) is 0.834. The Morgan fingerprint density at radius 3 is 2.51 bits per heavy atom. The molecule has 1 aliphatic rings. The number of carbonyl (C=O) groups excluding carboxylic acids is 3. The predicted molar refractivity (Wildman–Crippen MR) is 130 cm³/mol. The molecule has 2 aromatic carbocycles. The van der Waals surface area contributed by atoms with Gasteiger partial charge in [0.1, 0.15) is 17.3 Å². The van der Waals surface area contributed by atoms with Gasteiger partial charge in [-0.3, -0.25) is 14.4 Å². The fourth-order valence-corrected chi connectivity index (χ4v) is 5.26. The second-order valence-electron chi connectivity index (χ2n) is 9.27. The molecule has 2 aromatic rings. The van der Waals surface area contributed by atoms with Crippen molar-refractivity contribution in [2.24, 2.45) is 23.5 Å². The number of aromatic hydroxyl groups is 1. The Labute approximate surface area is 204 Å². The van der Waals surface area contributed by atoms with Crippen LogP contribution in [0.4, 0.5) is 0 Å². The fraction of sp³-hybridized carbons (Fsp3) is 0.444. The topological polar surface area (TPSA) is 147 Å². The first-order valence-electron chi connectivity index (χ1n) is 11.8. The molecule has 0 spiro atoms. The number of fused-ring (bicyclic) bond motifs is 1. The summed E-state index contributed by atoms with van der Waals surface area (Å²) >= 11 is 0. The number of phenols is 1. The summed E-state index contributed by atoms with van der Waals surface area (Å²) in [6, 6.07) is 9.07. The van der Waals surface area contributed by atoms with E-state index in [0.29, 0.717) is 18.4 Å². The summed E-state index contributed by atoms with van der Waals surface area (Å²) in [4.78, 5) is 36.9. The van der Waals surface area contributed by atoms with Gasteiger partial charge in [0.15, 0.2) is 5.78 Å². The summed E-state index contributed by atoms with van der Waals surface area (Å²) in [7, 11) is 1.60. The number of Topliss-reactive ketones (excluding diaryl/α,β-unsaturated/α-hetero) is 2. The van der Waals surface area contributed by atoms with Gasteiger partial charge in [-0.15, -0.1) is 0 Å². The Bertz CT molecular complexity index is 1110. The van der Waals surface area contributed by atoms with Crippen LogP contribution in [0.25, 0.3) is 11.1 Å². The van der Waals surface area contributed by atoms with Gasteiger partial charge in [0.2, 0.25) is 5.91 Å². The average Bonchev–Trinajstić information content (AvgIpc) is 2.79. The van der Waals surface area contributed by atoms with Crippen LogP contribution in [0.3, 0.4) is 0 Å². The van der Waals surface area contributed by atoms with Crippen LogP contribution in [0.15, 0.2) is 30.3 Å². The number of primary amides is 1. The zero-order chi connectivity index (χ0) is 25.7. The molecule has 0 aromatic heterocycles. The summed E-state index contributed by atoms with van der Waals surface area (Å²) in [6.45, 7) is 1.27. The molecule has 35 heavy (non-hydrogen) atoms. The second-order valence-corrected chi connectivity index (χ2v) is 9.27. The van der Waals surface area contributed by atoms with Crippen LogP contribution >= 0.6 is 0 Å². The Kier molecular flexibility index (Phi) is 8.64. The molecule has 0 heterocycles. The zero-order valence-corrected chi connectivity index (χ0v) is 20.1. The van der Waals surface area contributed by atoms with E-state index >= 15 is 0 Å². The molecule has 1 amide bonds. The molecule has 3 atom stereocenters. The van der Waals surface area contributed by atoms with Crippen LogP contribution in [0.5, 0.6) is 11.5 Å². The van der Waals surface area contributed by atoms with Crippen LogP contribution in [0, 0.1) is 24.7 Å². The fourth-order valence-electron chi connectivity index (χ4n) is 5.26. The van der Waals surface area contributed by atoms with Crippen molar-refractivity contribution in [3.63, 3.8) is 0 Å². The van der Waals surface area contributed by atoms with Crippen molar-refractivity contribution in [1.82, 2.24) is 0 Å². The number of methoxy groups -OCH3 is 1. The number of amides is 1. The number of phenolic OH excluding ortho intramolecular Hbond substituents is 1. The number of hydrogen-bond donors (Lipinski definition) is 4. The van der Waals surface area contributed by atoms with E-state index in [2.05, 4.69) is 0 Å². The number of nitrogens with two attached hydrogens (primary N) is 1. The summed E-state index contributed by atoms with van der Waals surface area (Å²) in [5, 5.41) is 29.9. The normalized spacial score (nSPS) is 16.9. The predicted octanol–water partition coefficient (Wildman–Crippen LogP) is 2.56. The molecule has 3 rings (SSSR count). The Morgan fingerprint density at radius 2 is 1.91 bits per heavy atom. The minimum absolute atomic E-state index is 0.0609. The minimum atomic E-state index is -0.848. The van der Waals surface area contributed by atoms with E-state index in [1.807, 2.05) is 25.1 Å². The third-order valence-electron chi connectivity index (χ3n) is 6.91. The van der Waals surface area contributed by atoms with E-state index < -0.39 is 36.6 Å². The molecule has 0 saturated carbocycles. The van der Waals surface area contributed by atoms with Crippen molar-refractivity contribution in [3.8, 4) is 22.6 Å². The van der Waals surface area contributed by atoms with Crippen molar-refractivity contribution in [2.75, 3.05) is 20.3 Å². The maximum atomic E-state index is 13.1. The number of aryl methyl sites for hydroxylation is 1. The van der Waals surface area contributed by atoms with E-state index in [1.165, 1.54) is 6.07 Å². The van der Waals surface area contributed by atoms with Crippen LogP contribution in [-0.4, -0.2) is 53.1 Å². The number of carbonyl (C=O) groups is 3. The van der Waals surface area contributed by atoms with Crippen LogP contribution in [0.1, 0.15) is 47.2 Å². The van der Waals surface area contributed by atoms with Gasteiger partial charge in [0.25, 0.3) is 0 Å². The molecule has 0 bridgehead atoms. The van der Waals surface area contributed by atoms with Gasteiger partial charge in [0, 0.05) is 18.9 Å². The Hall–Kier alpha value is -3.23. The van der Waals surface area contributed by atoms with E-state index in [0.717, 1.165) is 28.0 Å². The molecule has 0 saturated heterocycles. The second kappa shape index (κ2) is 11.5. The van der Waals surface area contributed by atoms with Gasteiger partial charge in [0.05, 0.1) is 25.7 Å². The highest BCUT2D eigenvalue weighted by atomic mass is 16.5. The molecule has 0 radical (unpaired) electrons. The lowest BCUT2D eigenvalue weighted by Crippen LogP contribution is -2.33.